The highest BCUT2D eigenvalue weighted by Gasteiger charge is 2.06. The molecule has 1 aromatic heterocycles. The zero-order chi connectivity index (χ0) is 15.9. The van der Waals surface area contributed by atoms with Crippen molar-refractivity contribution in [2.24, 2.45) is 0 Å². The molecule has 1 N–H and O–H groups in total. The van der Waals surface area contributed by atoms with Gasteiger partial charge in [0.1, 0.15) is 0 Å². The number of hydrogen-bond donors (Lipinski definition) is 1. The molecule has 118 valence electrons. The molecule has 0 amide bonds. The molecule has 0 aliphatic heterocycles. The van der Waals surface area contributed by atoms with E-state index >= 15 is 0 Å². The molecule has 2 aromatic rings. The zero-order valence-corrected chi connectivity index (χ0v) is 14.0. The Hall–Kier alpha value is -1.72. The molecule has 0 aliphatic rings. The quantitative estimate of drug-likeness (QED) is 0.852. The largest absolute Gasteiger partial charge is 0.478 e. The van der Waals surface area contributed by atoms with E-state index in [0.717, 1.165) is 17.0 Å². The molecule has 0 saturated carbocycles. The van der Waals surface area contributed by atoms with Crippen molar-refractivity contribution in [1.82, 2.24) is 10.3 Å². The summed E-state index contributed by atoms with van der Waals surface area (Å²) in [6, 6.07) is 12.0. The van der Waals surface area contributed by atoms with Gasteiger partial charge in [0, 0.05) is 46.8 Å². The number of aromatic nitrogens is 1. The lowest BCUT2D eigenvalue weighted by Crippen LogP contribution is -2.18. The minimum atomic E-state index is -0.930. The molecule has 0 unspecified atom stereocenters. The molecule has 5 heteroatoms. The normalized spacial score (nSPS) is 13.6. The molecule has 0 radical (unpaired) electrons. The van der Waals surface area contributed by atoms with Crippen LogP contribution in [0, 0.1) is 0 Å². The van der Waals surface area contributed by atoms with Gasteiger partial charge in [-0.25, -0.2) is 4.98 Å². The highest BCUT2D eigenvalue weighted by atomic mass is 32.2. The summed E-state index contributed by atoms with van der Waals surface area (Å²) in [5.74, 6) is 0.657. The van der Waals surface area contributed by atoms with Crippen molar-refractivity contribution in [2.75, 3.05) is 12.9 Å². The minimum Gasteiger partial charge on any atom is -0.478 e. The fraction of sp³-hybridized carbons (Fsp3) is 0.353. The van der Waals surface area contributed by atoms with Crippen molar-refractivity contribution in [1.29, 1.82) is 0 Å². The summed E-state index contributed by atoms with van der Waals surface area (Å²) in [7, 11) is -0.930. The van der Waals surface area contributed by atoms with Gasteiger partial charge < -0.3 is 10.1 Å². The second-order valence-corrected chi connectivity index (χ2v) is 6.44. The van der Waals surface area contributed by atoms with E-state index in [2.05, 4.69) is 17.2 Å². The number of benzene rings is 1. The van der Waals surface area contributed by atoms with Gasteiger partial charge in [0.25, 0.3) is 0 Å². The first-order chi connectivity index (χ1) is 10.6. The molecule has 0 bridgehead atoms. The Morgan fingerprint density at radius 1 is 1.27 bits per heavy atom. The number of nitrogens with one attached hydrogen (secondary N) is 1. The maximum atomic E-state index is 11.4. The van der Waals surface area contributed by atoms with Gasteiger partial charge in [-0.1, -0.05) is 12.1 Å². The molecule has 0 spiro atoms. The van der Waals surface area contributed by atoms with Gasteiger partial charge >= 0.3 is 0 Å². The maximum absolute atomic E-state index is 11.4. The second-order valence-electron chi connectivity index (χ2n) is 5.06. The lowest BCUT2D eigenvalue weighted by atomic mass is 10.1. The first-order valence-corrected chi connectivity index (χ1v) is 8.90. The average Bonchev–Trinajstić information content (AvgIpc) is 2.53. The lowest BCUT2D eigenvalue weighted by Gasteiger charge is -2.15. The number of hydrogen-bond acceptors (Lipinski definition) is 4. The van der Waals surface area contributed by atoms with Crippen LogP contribution in [0.1, 0.15) is 31.0 Å². The first kappa shape index (κ1) is 16.6. The number of rotatable bonds is 7. The van der Waals surface area contributed by atoms with Crippen LogP contribution in [0.25, 0.3) is 0 Å². The van der Waals surface area contributed by atoms with E-state index in [1.54, 1.807) is 12.5 Å². The average molecular weight is 318 g/mol. The highest BCUT2D eigenvalue weighted by Crippen LogP contribution is 2.16. The summed E-state index contributed by atoms with van der Waals surface area (Å²) in [5, 5.41) is 3.47. The third kappa shape index (κ3) is 4.64. The van der Waals surface area contributed by atoms with Crippen LogP contribution < -0.4 is 10.1 Å². The molecule has 1 aromatic carbocycles. The monoisotopic (exact) mass is 318 g/mol. The fourth-order valence-electron chi connectivity index (χ4n) is 2.12. The summed E-state index contributed by atoms with van der Waals surface area (Å²) >= 11 is 0. The smallest absolute Gasteiger partial charge is 0.213 e. The third-order valence-electron chi connectivity index (χ3n) is 3.42. The summed E-state index contributed by atoms with van der Waals surface area (Å²) in [5.41, 5.74) is 2.31. The van der Waals surface area contributed by atoms with Gasteiger partial charge in [-0.3, -0.25) is 4.21 Å². The van der Waals surface area contributed by atoms with Gasteiger partial charge in [-0.05, 0) is 43.2 Å². The zero-order valence-electron chi connectivity index (χ0n) is 13.2. The van der Waals surface area contributed by atoms with Crippen molar-refractivity contribution >= 4 is 10.8 Å². The van der Waals surface area contributed by atoms with Crippen LogP contribution >= 0.6 is 0 Å². The van der Waals surface area contributed by atoms with Crippen molar-refractivity contribution in [3.63, 3.8) is 0 Å². The van der Waals surface area contributed by atoms with Crippen LogP contribution in [-0.2, 0) is 17.3 Å². The minimum absolute atomic E-state index is 0.211. The summed E-state index contributed by atoms with van der Waals surface area (Å²) in [4.78, 5) is 5.01. The van der Waals surface area contributed by atoms with Crippen LogP contribution in [0.15, 0.2) is 47.5 Å². The SMILES string of the molecule is CCOc1cc(CN[C@@H](C)c2ccc([S@](C)=O)cc2)ccn1. The molecule has 22 heavy (non-hydrogen) atoms. The summed E-state index contributed by atoms with van der Waals surface area (Å²) in [6.07, 6.45) is 3.45. The van der Waals surface area contributed by atoms with Crippen LogP contribution in [0.5, 0.6) is 5.88 Å². The predicted molar refractivity (Wildman–Crippen MR) is 89.4 cm³/mol. The van der Waals surface area contributed by atoms with E-state index in [1.807, 2.05) is 43.3 Å². The highest BCUT2D eigenvalue weighted by molar-refractivity contribution is 7.84. The second kappa shape index (κ2) is 8.06. The molecule has 2 atom stereocenters. The summed E-state index contributed by atoms with van der Waals surface area (Å²) in [6.45, 7) is 5.42. The Labute approximate surface area is 134 Å². The van der Waals surface area contributed by atoms with Crippen molar-refractivity contribution in [2.45, 2.75) is 31.3 Å². The molecule has 2 rings (SSSR count). The Morgan fingerprint density at radius 2 is 2.00 bits per heavy atom. The van der Waals surface area contributed by atoms with Gasteiger partial charge in [0.05, 0.1) is 6.61 Å². The van der Waals surface area contributed by atoms with Crippen molar-refractivity contribution in [3.05, 3.63) is 53.7 Å². The molecule has 0 saturated heterocycles. The van der Waals surface area contributed by atoms with E-state index in [4.69, 9.17) is 4.74 Å². The fourth-order valence-corrected chi connectivity index (χ4v) is 2.64. The van der Waals surface area contributed by atoms with Crippen LogP contribution in [0.2, 0.25) is 0 Å². The standard InChI is InChI=1S/C17H22N2O2S/c1-4-21-17-11-14(9-10-18-17)12-19-13(2)15-5-7-16(8-6-15)22(3)20/h5-11,13,19H,4,12H2,1-3H3/t13-,22-/m0/s1. The Balaban J connectivity index is 1.95. The van der Waals surface area contributed by atoms with Crippen LogP contribution in [-0.4, -0.2) is 22.1 Å². The van der Waals surface area contributed by atoms with Gasteiger partial charge in [-0.15, -0.1) is 0 Å². The maximum Gasteiger partial charge on any atom is 0.213 e. The molecular weight excluding hydrogens is 296 g/mol. The van der Waals surface area contributed by atoms with E-state index in [1.165, 1.54) is 5.56 Å². The topological polar surface area (TPSA) is 51.2 Å². The molecule has 4 nitrogen and oxygen atoms in total. The van der Waals surface area contributed by atoms with Gasteiger partial charge in [0.15, 0.2) is 0 Å². The van der Waals surface area contributed by atoms with E-state index in [-0.39, 0.29) is 6.04 Å². The lowest BCUT2D eigenvalue weighted by molar-refractivity contribution is 0.326. The van der Waals surface area contributed by atoms with E-state index in [9.17, 15) is 4.21 Å². The van der Waals surface area contributed by atoms with E-state index < -0.39 is 10.8 Å². The van der Waals surface area contributed by atoms with Crippen LogP contribution in [0.4, 0.5) is 0 Å². The van der Waals surface area contributed by atoms with Crippen molar-refractivity contribution < 1.29 is 8.95 Å². The molecular formula is C17H22N2O2S. The molecule has 1 heterocycles. The van der Waals surface area contributed by atoms with Gasteiger partial charge in [0.2, 0.25) is 5.88 Å². The number of pyridine rings is 1. The Bertz CT molecular complexity index is 629. The van der Waals surface area contributed by atoms with Crippen molar-refractivity contribution in [3.8, 4) is 5.88 Å². The van der Waals surface area contributed by atoms with Crippen LogP contribution in [0.3, 0.4) is 0 Å². The Morgan fingerprint density at radius 3 is 2.64 bits per heavy atom. The number of ether oxygens (including phenoxy) is 1. The third-order valence-corrected chi connectivity index (χ3v) is 4.35. The summed E-state index contributed by atoms with van der Waals surface area (Å²) < 4.78 is 16.8. The molecule has 0 fully saturated rings. The van der Waals surface area contributed by atoms with E-state index in [0.29, 0.717) is 12.5 Å². The predicted octanol–water partition coefficient (Wildman–Crippen LogP) is 3.07. The van der Waals surface area contributed by atoms with Gasteiger partial charge in [-0.2, -0.15) is 0 Å². The first-order valence-electron chi connectivity index (χ1n) is 7.34. The number of nitrogens with zero attached hydrogens (tertiary/aromatic N) is 1. The Kier molecular flexibility index (Phi) is 6.10. The molecule has 0 aliphatic carbocycles.